The van der Waals surface area contributed by atoms with Crippen LogP contribution in [0, 0.1) is 17.5 Å². The highest BCUT2D eigenvalue weighted by Gasteiger charge is 2.01. The molecule has 0 aliphatic rings. The zero-order valence-corrected chi connectivity index (χ0v) is 8.79. The number of benzene rings is 2. The molecule has 0 saturated heterocycles. The molecule has 0 radical (unpaired) electrons. The average Bonchev–Trinajstić information content (AvgIpc) is 2.27. The second-order valence-electron chi connectivity index (χ2n) is 3.52. The van der Waals surface area contributed by atoms with Crippen LogP contribution in [0.5, 0.6) is 5.75 Å². The lowest BCUT2D eigenvalue weighted by Crippen LogP contribution is -1.97. The highest BCUT2D eigenvalue weighted by Crippen LogP contribution is 2.14. The standard InChI is InChI=1S/C13H9F3O/c14-10-1-3-13(4-2-10)17-8-9-5-11(15)7-12(16)6-9/h1-7H,8H2. The maximum absolute atomic E-state index is 12.9. The maximum atomic E-state index is 12.9. The third-order valence-corrected chi connectivity index (χ3v) is 2.14. The molecule has 0 atom stereocenters. The molecule has 0 aromatic heterocycles. The summed E-state index contributed by atoms with van der Waals surface area (Å²) in [6.07, 6.45) is 0. The Labute approximate surface area is 96.5 Å². The molecule has 2 aromatic rings. The van der Waals surface area contributed by atoms with Gasteiger partial charge in [0.05, 0.1) is 0 Å². The molecule has 0 bridgehead atoms. The fourth-order valence-electron chi connectivity index (χ4n) is 1.39. The first-order chi connectivity index (χ1) is 8.13. The Morgan fingerprint density at radius 3 is 1.94 bits per heavy atom. The molecular formula is C13H9F3O. The molecule has 1 nitrogen and oxygen atoms in total. The molecule has 0 fully saturated rings. The van der Waals surface area contributed by atoms with Gasteiger partial charge in [-0.2, -0.15) is 0 Å². The summed E-state index contributed by atoms with van der Waals surface area (Å²) in [5.74, 6) is -1.23. The van der Waals surface area contributed by atoms with Crippen LogP contribution in [-0.4, -0.2) is 0 Å². The summed E-state index contributed by atoms with van der Waals surface area (Å²) in [6.45, 7) is 0.0281. The third kappa shape index (κ3) is 3.24. The molecule has 0 N–H and O–H groups in total. The second kappa shape index (κ2) is 4.91. The predicted octanol–water partition coefficient (Wildman–Crippen LogP) is 3.68. The van der Waals surface area contributed by atoms with E-state index in [0.29, 0.717) is 11.3 Å². The summed E-state index contributed by atoms with van der Waals surface area (Å²) < 4.78 is 43.6. The van der Waals surface area contributed by atoms with Gasteiger partial charge in [0.25, 0.3) is 0 Å². The fourth-order valence-corrected chi connectivity index (χ4v) is 1.39. The number of hydrogen-bond acceptors (Lipinski definition) is 1. The Morgan fingerprint density at radius 2 is 1.35 bits per heavy atom. The number of rotatable bonds is 3. The van der Waals surface area contributed by atoms with Crippen LogP contribution in [-0.2, 0) is 6.61 Å². The molecule has 0 unspecified atom stereocenters. The van der Waals surface area contributed by atoms with E-state index in [1.807, 2.05) is 0 Å². The summed E-state index contributed by atoms with van der Waals surface area (Å²) in [5, 5.41) is 0. The Morgan fingerprint density at radius 1 is 0.765 bits per heavy atom. The van der Waals surface area contributed by atoms with Crippen molar-refractivity contribution in [3.63, 3.8) is 0 Å². The van der Waals surface area contributed by atoms with E-state index >= 15 is 0 Å². The predicted molar refractivity (Wildman–Crippen MR) is 57.1 cm³/mol. The van der Waals surface area contributed by atoms with Crippen LogP contribution in [0.2, 0.25) is 0 Å². The van der Waals surface area contributed by atoms with E-state index in [4.69, 9.17) is 4.74 Å². The molecule has 0 aliphatic heterocycles. The number of ether oxygens (including phenoxy) is 1. The summed E-state index contributed by atoms with van der Waals surface area (Å²) in [4.78, 5) is 0. The van der Waals surface area contributed by atoms with Crippen LogP contribution >= 0.6 is 0 Å². The SMILES string of the molecule is Fc1ccc(OCc2cc(F)cc(F)c2)cc1. The summed E-state index contributed by atoms with van der Waals surface area (Å²) in [5.41, 5.74) is 0.381. The summed E-state index contributed by atoms with van der Waals surface area (Å²) >= 11 is 0. The van der Waals surface area contributed by atoms with Crippen molar-refractivity contribution in [1.29, 1.82) is 0 Å². The van der Waals surface area contributed by atoms with Crippen molar-refractivity contribution in [3.05, 3.63) is 65.5 Å². The minimum atomic E-state index is -0.650. The molecule has 2 aromatic carbocycles. The summed E-state index contributed by atoms with van der Waals surface area (Å²) in [7, 11) is 0. The topological polar surface area (TPSA) is 9.23 Å². The van der Waals surface area contributed by atoms with E-state index in [1.165, 1.54) is 36.4 Å². The lowest BCUT2D eigenvalue weighted by molar-refractivity contribution is 0.304. The molecule has 88 valence electrons. The van der Waals surface area contributed by atoms with E-state index in [0.717, 1.165) is 6.07 Å². The minimum Gasteiger partial charge on any atom is -0.489 e. The second-order valence-corrected chi connectivity index (χ2v) is 3.52. The Hall–Kier alpha value is -1.97. The molecule has 0 spiro atoms. The van der Waals surface area contributed by atoms with Crippen LogP contribution in [0.15, 0.2) is 42.5 Å². The van der Waals surface area contributed by atoms with Crippen LogP contribution in [0.4, 0.5) is 13.2 Å². The smallest absolute Gasteiger partial charge is 0.126 e. The monoisotopic (exact) mass is 238 g/mol. The first-order valence-corrected chi connectivity index (χ1v) is 4.97. The highest BCUT2D eigenvalue weighted by atomic mass is 19.1. The van der Waals surface area contributed by atoms with Crippen molar-refractivity contribution in [2.24, 2.45) is 0 Å². The van der Waals surface area contributed by atoms with Crippen molar-refractivity contribution < 1.29 is 17.9 Å². The molecule has 0 saturated carbocycles. The van der Waals surface area contributed by atoms with Gasteiger partial charge in [-0.3, -0.25) is 0 Å². The molecular weight excluding hydrogens is 229 g/mol. The van der Waals surface area contributed by atoms with Crippen molar-refractivity contribution in [1.82, 2.24) is 0 Å². The van der Waals surface area contributed by atoms with E-state index in [-0.39, 0.29) is 12.4 Å². The van der Waals surface area contributed by atoms with Crippen LogP contribution < -0.4 is 4.74 Å². The largest absolute Gasteiger partial charge is 0.489 e. The van der Waals surface area contributed by atoms with Crippen LogP contribution in [0.25, 0.3) is 0 Å². The fraction of sp³-hybridized carbons (Fsp3) is 0.0769. The molecule has 0 heterocycles. The molecule has 17 heavy (non-hydrogen) atoms. The first kappa shape index (κ1) is 11.5. The highest BCUT2D eigenvalue weighted by molar-refractivity contribution is 5.23. The van der Waals surface area contributed by atoms with Crippen molar-refractivity contribution in [3.8, 4) is 5.75 Å². The van der Waals surface area contributed by atoms with E-state index < -0.39 is 11.6 Å². The van der Waals surface area contributed by atoms with Gasteiger partial charge in [0, 0.05) is 6.07 Å². The molecule has 4 heteroatoms. The Kier molecular flexibility index (Phi) is 3.32. The van der Waals surface area contributed by atoms with Gasteiger partial charge in [0.1, 0.15) is 29.8 Å². The number of hydrogen-bond donors (Lipinski definition) is 0. The minimum absolute atomic E-state index is 0.0281. The lowest BCUT2D eigenvalue weighted by Gasteiger charge is -2.06. The van der Waals surface area contributed by atoms with Crippen molar-refractivity contribution in [2.75, 3.05) is 0 Å². The zero-order chi connectivity index (χ0) is 12.3. The van der Waals surface area contributed by atoms with Gasteiger partial charge in [0.15, 0.2) is 0 Å². The van der Waals surface area contributed by atoms with Gasteiger partial charge in [-0.05, 0) is 42.0 Å². The van der Waals surface area contributed by atoms with E-state index in [1.54, 1.807) is 0 Å². The van der Waals surface area contributed by atoms with Gasteiger partial charge in [-0.15, -0.1) is 0 Å². The van der Waals surface area contributed by atoms with Gasteiger partial charge in [-0.25, -0.2) is 13.2 Å². The third-order valence-electron chi connectivity index (χ3n) is 2.14. The molecule has 0 amide bonds. The summed E-state index contributed by atoms with van der Waals surface area (Å²) in [6, 6.07) is 8.57. The van der Waals surface area contributed by atoms with E-state index in [2.05, 4.69) is 0 Å². The first-order valence-electron chi connectivity index (χ1n) is 4.97. The molecule has 2 rings (SSSR count). The van der Waals surface area contributed by atoms with Crippen molar-refractivity contribution >= 4 is 0 Å². The lowest BCUT2D eigenvalue weighted by atomic mass is 10.2. The van der Waals surface area contributed by atoms with Crippen molar-refractivity contribution in [2.45, 2.75) is 6.61 Å². The van der Waals surface area contributed by atoms with Gasteiger partial charge in [0.2, 0.25) is 0 Å². The maximum Gasteiger partial charge on any atom is 0.126 e. The number of halogens is 3. The molecule has 0 aliphatic carbocycles. The van der Waals surface area contributed by atoms with Crippen LogP contribution in [0.1, 0.15) is 5.56 Å². The quantitative estimate of drug-likeness (QED) is 0.792. The van der Waals surface area contributed by atoms with Gasteiger partial charge in [-0.1, -0.05) is 0 Å². The Bertz CT molecular complexity index is 488. The van der Waals surface area contributed by atoms with Crippen LogP contribution in [0.3, 0.4) is 0 Å². The Balaban J connectivity index is 2.04. The van der Waals surface area contributed by atoms with E-state index in [9.17, 15) is 13.2 Å². The normalized spacial score (nSPS) is 10.3. The van der Waals surface area contributed by atoms with Gasteiger partial charge < -0.3 is 4.74 Å². The van der Waals surface area contributed by atoms with Gasteiger partial charge >= 0.3 is 0 Å². The average molecular weight is 238 g/mol. The zero-order valence-electron chi connectivity index (χ0n) is 8.79.